The van der Waals surface area contributed by atoms with Gasteiger partial charge in [-0.25, -0.2) is 0 Å². The Bertz CT molecular complexity index is 2360. The second kappa shape index (κ2) is 11.0. The second-order valence-corrected chi connectivity index (χ2v) is 15.7. The van der Waals surface area contributed by atoms with Crippen LogP contribution in [0.2, 0.25) is 0 Å². The summed E-state index contributed by atoms with van der Waals surface area (Å²) in [5.41, 5.74) is 9.64. The molecule has 9 rings (SSSR count). The molecule has 0 amide bonds. The Kier molecular flexibility index (Phi) is 6.82. The fraction of sp³-hybridized carbons (Fsp3) is 0.209. The third-order valence-corrected chi connectivity index (χ3v) is 10.3. The van der Waals surface area contributed by atoms with Gasteiger partial charge in [-0.05, 0) is 76.0 Å². The first-order valence-electron chi connectivity index (χ1n) is 17.5. The summed E-state index contributed by atoms with van der Waals surface area (Å²) in [5.74, 6) is -0.319. The summed E-state index contributed by atoms with van der Waals surface area (Å²) in [6, 6.07) is 34.9. The lowest BCUT2D eigenvalue weighted by atomic mass is 9.37. The molecular formula is C43H36BF3N2O3. The van der Waals surface area contributed by atoms with Crippen molar-refractivity contribution in [2.45, 2.75) is 58.7 Å². The smallest absolute Gasteiger partial charge is 0.468 e. The molecule has 7 aromatic rings. The lowest BCUT2D eigenvalue weighted by Gasteiger charge is -2.41. The van der Waals surface area contributed by atoms with Crippen LogP contribution in [-0.2, 0) is 10.8 Å². The molecular weight excluding hydrogens is 660 g/mol. The van der Waals surface area contributed by atoms with E-state index in [0.717, 1.165) is 50.1 Å². The number of ether oxygens (including phenoxy) is 1. The van der Waals surface area contributed by atoms with Gasteiger partial charge in [-0.15, -0.1) is 13.2 Å². The van der Waals surface area contributed by atoms with Crippen LogP contribution in [0.4, 0.5) is 47.3 Å². The number of rotatable bonds is 3. The van der Waals surface area contributed by atoms with Gasteiger partial charge >= 0.3 is 13.1 Å². The van der Waals surface area contributed by atoms with E-state index in [1.807, 2.05) is 82.6 Å². The molecule has 4 heterocycles. The van der Waals surface area contributed by atoms with Crippen LogP contribution in [0.1, 0.15) is 52.7 Å². The fourth-order valence-electron chi connectivity index (χ4n) is 7.79. The Morgan fingerprint density at radius 2 is 0.962 bits per heavy atom. The molecule has 260 valence electrons. The predicted molar refractivity (Wildman–Crippen MR) is 204 cm³/mol. The molecule has 0 radical (unpaired) electrons. The van der Waals surface area contributed by atoms with Gasteiger partial charge in [0.1, 0.15) is 28.2 Å². The molecule has 0 unspecified atom stereocenters. The Morgan fingerprint density at radius 3 is 1.35 bits per heavy atom. The highest BCUT2D eigenvalue weighted by atomic mass is 19.4. The average Bonchev–Trinajstić information content (AvgIpc) is 3.66. The summed E-state index contributed by atoms with van der Waals surface area (Å²) in [4.78, 5) is 4.03. The predicted octanol–water partition coefficient (Wildman–Crippen LogP) is 10.8. The lowest BCUT2D eigenvalue weighted by molar-refractivity contribution is -0.274. The van der Waals surface area contributed by atoms with E-state index in [0.29, 0.717) is 33.9 Å². The molecule has 2 aromatic heterocycles. The van der Waals surface area contributed by atoms with Gasteiger partial charge in [-0.1, -0.05) is 90.1 Å². The highest BCUT2D eigenvalue weighted by molar-refractivity contribution is 6.99. The average molecular weight is 697 g/mol. The van der Waals surface area contributed by atoms with Crippen molar-refractivity contribution in [3.05, 3.63) is 120 Å². The van der Waals surface area contributed by atoms with Crippen molar-refractivity contribution in [1.82, 2.24) is 0 Å². The zero-order valence-electron chi connectivity index (χ0n) is 29.7. The van der Waals surface area contributed by atoms with Crippen molar-refractivity contribution >= 4 is 79.6 Å². The summed E-state index contributed by atoms with van der Waals surface area (Å²) in [6.45, 7) is 12.3. The first-order chi connectivity index (χ1) is 24.7. The molecule has 5 nitrogen and oxygen atoms in total. The van der Waals surface area contributed by atoms with Gasteiger partial charge in [0.05, 0.1) is 11.4 Å². The summed E-state index contributed by atoms with van der Waals surface area (Å²) < 4.78 is 60.9. The zero-order chi connectivity index (χ0) is 36.3. The molecule has 9 heteroatoms. The third kappa shape index (κ3) is 5.00. The van der Waals surface area contributed by atoms with E-state index in [2.05, 4.69) is 65.8 Å². The number of hydrogen-bond donors (Lipinski definition) is 0. The monoisotopic (exact) mass is 696 g/mol. The number of anilines is 6. The van der Waals surface area contributed by atoms with Crippen LogP contribution in [0.5, 0.6) is 5.75 Å². The molecule has 5 aromatic carbocycles. The van der Waals surface area contributed by atoms with E-state index in [9.17, 15) is 13.2 Å². The number of hydrogen-bond acceptors (Lipinski definition) is 5. The van der Waals surface area contributed by atoms with Crippen molar-refractivity contribution in [3.8, 4) is 5.75 Å². The van der Waals surface area contributed by atoms with E-state index < -0.39 is 13.1 Å². The summed E-state index contributed by atoms with van der Waals surface area (Å²) in [5, 5.41) is 1.68. The third-order valence-electron chi connectivity index (χ3n) is 10.3. The SMILES string of the molecule is CC(C)(C)c1ccc(N2c3cc(OC(F)(F)F)cc4c3B(c3oc5ccccc5c32)c2oc3ccccc3c2N4c2ccc(C(C)(C)C)cc2)cc1. The van der Waals surface area contributed by atoms with Gasteiger partial charge < -0.3 is 23.4 Å². The van der Waals surface area contributed by atoms with Gasteiger partial charge in [0.15, 0.2) is 0 Å². The highest BCUT2D eigenvalue weighted by Gasteiger charge is 2.50. The standard InChI is InChI=1S/C43H36BF3N2O3/c1-41(2,3)25-15-19-27(20-16-25)48-32-23-29(52-43(45,46)47)24-33-36(32)44(39-37(48)30-11-7-9-13-34(30)50-39)40-38(31-12-8-10-14-35(31)51-40)49(33)28-21-17-26(18-22-28)42(4,5)6/h7-24H,1-6H3. The minimum absolute atomic E-state index is 0.0978. The number of alkyl halides is 3. The van der Waals surface area contributed by atoms with E-state index >= 15 is 0 Å². The van der Waals surface area contributed by atoms with Crippen LogP contribution >= 0.6 is 0 Å². The van der Waals surface area contributed by atoms with Crippen molar-refractivity contribution in [1.29, 1.82) is 0 Å². The number of nitrogens with zero attached hydrogens (tertiary/aromatic N) is 2. The maximum Gasteiger partial charge on any atom is 0.573 e. The minimum Gasteiger partial charge on any atom is -0.468 e. The van der Waals surface area contributed by atoms with E-state index in [-0.39, 0.29) is 16.6 Å². The van der Waals surface area contributed by atoms with Crippen molar-refractivity contribution in [2.24, 2.45) is 0 Å². The summed E-state index contributed by atoms with van der Waals surface area (Å²) in [6.07, 6.45) is -4.91. The van der Waals surface area contributed by atoms with Gasteiger partial charge in [0, 0.05) is 45.7 Å². The summed E-state index contributed by atoms with van der Waals surface area (Å²) >= 11 is 0. The zero-order valence-corrected chi connectivity index (χ0v) is 29.7. The molecule has 0 saturated heterocycles. The Hall–Kier alpha value is -5.57. The Balaban J connectivity index is 1.40. The Morgan fingerprint density at radius 1 is 0.558 bits per heavy atom. The van der Waals surface area contributed by atoms with Crippen LogP contribution in [0.15, 0.2) is 118 Å². The number of benzene rings is 5. The van der Waals surface area contributed by atoms with E-state index in [1.54, 1.807) is 0 Å². The van der Waals surface area contributed by atoms with E-state index in [4.69, 9.17) is 13.6 Å². The van der Waals surface area contributed by atoms with Crippen LogP contribution in [0, 0.1) is 0 Å². The van der Waals surface area contributed by atoms with Crippen molar-refractivity contribution in [2.75, 3.05) is 9.80 Å². The first kappa shape index (κ1) is 32.3. The molecule has 0 spiro atoms. The van der Waals surface area contributed by atoms with Crippen LogP contribution in [-0.4, -0.2) is 13.1 Å². The molecule has 0 N–H and O–H groups in total. The molecule has 2 aliphatic rings. The van der Waals surface area contributed by atoms with Crippen LogP contribution < -0.4 is 31.3 Å². The highest BCUT2D eigenvalue weighted by Crippen LogP contribution is 2.50. The maximum atomic E-state index is 14.2. The van der Waals surface area contributed by atoms with E-state index in [1.165, 1.54) is 12.1 Å². The molecule has 0 bridgehead atoms. The second-order valence-electron chi connectivity index (χ2n) is 15.7. The van der Waals surface area contributed by atoms with Crippen LogP contribution in [0.3, 0.4) is 0 Å². The van der Waals surface area contributed by atoms with Gasteiger partial charge in [-0.2, -0.15) is 0 Å². The number of furan rings is 2. The normalized spacial score (nSPS) is 14.1. The largest absolute Gasteiger partial charge is 0.573 e. The molecule has 52 heavy (non-hydrogen) atoms. The Labute approximate surface area is 300 Å². The number of halogens is 3. The van der Waals surface area contributed by atoms with Crippen molar-refractivity contribution in [3.63, 3.8) is 0 Å². The number of para-hydroxylation sites is 2. The van der Waals surface area contributed by atoms with Gasteiger partial charge in [-0.3, -0.25) is 0 Å². The molecule has 0 fully saturated rings. The first-order valence-corrected chi connectivity index (χ1v) is 17.5. The maximum absolute atomic E-state index is 14.2. The van der Waals surface area contributed by atoms with Gasteiger partial charge in [0.25, 0.3) is 0 Å². The van der Waals surface area contributed by atoms with Gasteiger partial charge in [0.2, 0.25) is 0 Å². The molecule has 0 saturated carbocycles. The molecule has 0 aliphatic carbocycles. The lowest BCUT2D eigenvalue weighted by Crippen LogP contribution is -2.60. The fourth-order valence-corrected chi connectivity index (χ4v) is 7.79. The van der Waals surface area contributed by atoms with Crippen LogP contribution in [0.25, 0.3) is 21.9 Å². The quantitative estimate of drug-likeness (QED) is 0.172. The number of fused-ring (bicyclic) bond motifs is 8. The molecule has 2 aliphatic heterocycles. The topological polar surface area (TPSA) is 42.0 Å². The van der Waals surface area contributed by atoms with Crippen molar-refractivity contribution < 1.29 is 26.7 Å². The minimum atomic E-state index is -4.91. The molecule has 0 atom stereocenters. The summed E-state index contributed by atoms with van der Waals surface area (Å²) in [7, 11) is 0.